The van der Waals surface area contributed by atoms with Crippen molar-refractivity contribution < 1.29 is 18.3 Å². The van der Waals surface area contributed by atoms with Gasteiger partial charge in [0.25, 0.3) is 0 Å². The highest BCUT2D eigenvalue weighted by Gasteiger charge is 2.20. The number of anilines is 4. The van der Waals surface area contributed by atoms with E-state index in [4.69, 9.17) is 10.5 Å². The number of hydrogen-bond donors (Lipinski definition) is 2. The number of aromatic nitrogens is 1. The van der Waals surface area contributed by atoms with Crippen LogP contribution in [0.3, 0.4) is 0 Å². The summed E-state index contributed by atoms with van der Waals surface area (Å²) in [6.45, 7) is 5.58. The number of methoxy groups -OCH3 is 1. The van der Waals surface area contributed by atoms with E-state index in [1.807, 2.05) is 24.3 Å². The van der Waals surface area contributed by atoms with E-state index >= 15 is 0 Å². The Labute approximate surface area is 194 Å². The molecule has 3 aromatic rings. The number of piperazine rings is 1. The minimum Gasteiger partial charge on any atom is -0.383 e. The van der Waals surface area contributed by atoms with Crippen LogP contribution in [0.25, 0.3) is 0 Å². The van der Waals surface area contributed by atoms with Crippen molar-refractivity contribution in [1.82, 2.24) is 9.88 Å². The van der Waals surface area contributed by atoms with Crippen LogP contribution in [0.2, 0.25) is 0 Å². The first-order valence-electron chi connectivity index (χ1n) is 10.5. The first-order chi connectivity index (χ1) is 15.9. The fourth-order valence-corrected chi connectivity index (χ4v) is 4.56. The Morgan fingerprint density at radius 2 is 1.79 bits per heavy atom. The molecule has 2 aromatic carbocycles. The molecule has 0 unspecified atom stereocenters. The maximum atomic E-state index is 13.5. The lowest BCUT2D eigenvalue weighted by Crippen LogP contribution is -2.47. The molecule has 0 aliphatic carbocycles. The third-order valence-electron chi connectivity index (χ3n) is 5.45. The number of carbonyl (C=O) groups excluding carboxylic acids is 1. The number of nitrogens with one attached hydrogen (secondary N) is 1. The fourth-order valence-electron chi connectivity index (χ4n) is 3.69. The van der Waals surface area contributed by atoms with Crippen LogP contribution < -0.4 is 16.0 Å². The largest absolute Gasteiger partial charge is 0.383 e. The van der Waals surface area contributed by atoms with Gasteiger partial charge in [0.1, 0.15) is 22.3 Å². The number of ketones is 1. The number of benzene rings is 2. The molecule has 0 saturated carbocycles. The summed E-state index contributed by atoms with van der Waals surface area (Å²) in [7, 11) is 1.72. The van der Waals surface area contributed by atoms with Gasteiger partial charge in [0, 0.05) is 62.8 Å². The Kier molecular flexibility index (Phi) is 7.17. The highest BCUT2D eigenvalue weighted by Crippen LogP contribution is 2.30. The zero-order chi connectivity index (χ0) is 23.4. The molecular formula is C23H25F2N5O2S. The van der Waals surface area contributed by atoms with E-state index in [2.05, 4.69) is 20.1 Å². The summed E-state index contributed by atoms with van der Waals surface area (Å²) >= 11 is 1.04. The van der Waals surface area contributed by atoms with Crippen molar-refractivity contribution in [3.05, 3.63) is 64.5 Å². The molecule has 0 spiro atoms. The van der Waals surface area contributed by atoms with Crippen LogP contribution in [0.5, 0.6) is 0 Å². The molecule has 33 heavy (non-hydrogen) atoms. The Morgan fingerprint density at radius 1 is 1.12 bits per heavy atom. The average molecular weight is 474 g/mol. The van der Waals surface area contributed by atoms with Crippen molar-refractivity contribution in [3.63, 3.8) is 0 Å². The van der Waals surface area contributed by atoms with Gasteiger partial charge in [-0.3, -0.25) is 9.69 Å². The average Bonchev–Trinajstić information content (AvgIpc) is 3.17. The monoisotopic (exact) mass is 473 g/mol. The van der Waals surface area contributed by atoms with E-state index in [9.17, 15) is 13.6 Å². The predicted molar refractivity (Wildman–Crippen MR) is 127 cm³/mol. The predicted octanol–water partition coefficient (Wildman–Crippen LogP) is 3.75. The van der Waals surface area contributed by atoms with Crippen molar-refractivity contribution in [2.75, 3.05) is 62.4 Å². The Hall–Kier alpha value is -3.08. The quantitative estimate of drug-likeness (QED) is 0.482. The molecule has 2 heterocycles. The highest BCUT2D eigenvalue weighted by atomic mass is 32.1. The van der Waals surface area contributed by atoms with Gasteiger partial charge in [-0.2, -0.15) is 0 Å². The molecule has 1 saturated heterocycles. The Morgan fingerprint density at radius 3 is 2.42 bits per heavy atom. The molecule has 1 aliphatic heterocycles. The normalized spacial score (nSPS) is 14.5. The SMILES string of the molecule is COCCN1CCN(c2ccc(Nc3nc(N)c(C(=O)c4cc(F)cc(F)c4)s3)cc2)CC1. The molecule has 0 atom stereocenters. The lowest BCUT2D eigenvalue weighted by Gasteiger charge is -2.36. The number of nitrogen functional groups attached to an aromatic ring is 1. The smallest absolute Gasteiger partial charge is 0.207 e. The summed E-state index contributed by atoms with van der Waals surface area (Å²) < 4.78 is 32.1. The Bertz CT molecular complexity index is 1090. The van der Waals surface area contributed by atoms with E-state index in [-0.39, 0.29) is 16.3 Å². The van der Waals surface area contributed by atoms with Crippen LogP contribution in [0, 0.1) is 11.6 Å². The lowest BCUT2D eigenvalue weighted by molar-refractivity contribution is 0.104. The summed E-state index contributed by atoms with van der Waals surface area (Å²) in [6.07, 6.45) is 0. The van der Waals surface area contributed by atoms with Gasteiger partial charge in [0.2, 0.25) is 5.78 Å². The third kappa shape index (κ3) is 5.65. The van der Waals surface area contributed by atoms with Crippen LogP contribution in [0.15, 0.2) is 42.5 Å². The number of halogens is 2. The maximum Gasteiger partial charge on any atom is 0.207 e. The fraction of sp³-hybridized carbons (Fsp3) is 0.304. The van der Waals surface area contributed by atoms with E-state index in [0.717, 1.165) is 74.2 Å². The lowest BCUT2D eigenvalue weighted by atomic mass is 10.1. The van der Waals surface area contributed by atoms with E-state index in [0.29, 0.717) is 11.2 Å². The van der Waals surface area contributed by atoms with Crippen LogP contribution >= 0.6 is 11.3 Å². The van der Waals surface area contributed by atoms with Crippen LogP contribution in [0.1, 0.15) is 15.2 Å². The van der Waals surface area contributed by atoms with Crippen LogP contribution in [0.4, 0.5) is 31.1 Å². The molecule has 0 bridgehead atoms. The van der Waals surface area contributed by atoms with E-state index in [1.54, 1.807) is 7.11 Å². The number of thiazole rings is 1. The summed E-state index contributed by atoms with van der Waals surface area (Å²) in [4.78, 5) is 21.7. The zero-order valence-corrected chi connectivity index (χ0v) is 19.0. The first kappa shape index (κ1) is 23.1. The topological polar surface area (TPSA) is 83.7 Å². The van der Waals surface area contributed by atoms with Gasteiger partial charge in [-0.15, -0.1) is 0 Å². The molecule has 1 aromatic heterocycles. The minimum absolute atomic E-state index is 0.0140. The van der Waals surface area contributed by atoms with Crippen molar-refractivity contribution >= 4 is 39.4 Å². The number of nitrogens with zero attached hydrogens (tertiary/aromatic N) is 3. The summed E-state index contributed by atoms with van der Waals surface area (Å²) in [6, 6.07) is 10.6. The van der Waals surface area contributed by atoms with Gasteiger partial charge in [0.05, 0.1) is 6.61 Å². The number of carbonyl (C=O) groups is 1. The molecule has 10 heteroatoms. The molecule has 3 N–H and O–H groups in total. The second kappa shape index (κ2) is 10.2. The number of ether oxygens (including phenoxy) is 1. The number of rotatable bonds is 8. The highest BCUT2D eigenvalue weighted by molar-refractivity contribution is 7.18. The number of nitrogens with two attached hydrogens (primary N) is 1. The van der Waals surface area contributed by atoms with E-state index < -0.39 is 17.4 Å². The molecule has 1 aliphatic rings. The Balaban J connectivity index is 1.39. The van der Waals surface area contributed by atoms with Crippen LogP contribution in [-0.2, 0) is 4.74 Å². The van der Waals surface area contributed by atoms with Gasteiger partial charge in [-0.1, -0.05) is 11.3 Å². The standard InChI is InChI=1S/C23H25F2N5O2S/c1-32-11-10-29-6-8-30(9-7-29)19-4-2-18(3-5-19)27-23-28-22(26)21(33-23)20(31)15-12-16(24)14-17(25)13-15/h2-5,12-14H,6-11,26H2,1H3,(H,27,28). The van der Waals surface area contributed by atoms with E-state index in [1.165, 1.54) is 0 Å². The molecular weight excluding hydrogens is 448 g/mol. The zero-order valence-electron chi connectivity index (χ0n) is 18.2. The summed E-state index contributed by atoms with van der Waals surface area (Å²) in [5.74, 6) is -2.20. The first-order valence-corrected chi connectivity index (χ1v) is 11.3. The van der Waals surface area contributed by atoms with Gasteiger partial charge >= 0.3 is 0 Å². The van der Waals surface area contributed by atoms with Crippen molar-refractivity contribution in [2.45, 2.75) is 0 Å². The second-order valence-corrected chi connectivity index (χ2v) is 8.71. The third-order valence-corrected chi connectivity index (χ3v) is 6.44. The van der Waals surface area contributed by atoms with Crippen molar-refractivity contribution in [2.24, 2.45) is 0 Å². The molecule has 1 fully saturated rings. The molecule has 0 amide bonds. The minimum atomic E-state index is -0.823. The second-order valence-electron chi connectivity index (χ2n) is 7.71. The van der Waals surface area contributed by atoms with Crippen molar-refractivity contribution in [3.8, 4) is 0 Å². The van der Waals surface area contributed by atoms with Gasteiger partial charge in [0.15, 0.2) is 5.13 Å². The maximum absolute atomic E-state index is 13.5. The number of hydrogen-bond acceptors (Lipinski definition) is 8. The van der Waals surface area contributed by atoms with Gasteiger partial charge in [-0.05, 0) is 36.4 Å². The molecule has 0 radical (unpaired) electrons. The van der Waals surface area contributed by atoms with Gasteiger partial charge in [-0.25, -0.2) is 13.8 Å². The molecule has 174 valence electrons. The summed E-state index contributed by atoms with van der Waals surface area (Å²) in [5, 5.41) is 3.56. The van der Waals surface area contributed by atoms with Crippen LogP contribution in [-0.4, -0.2) is 62.1 Å². The molecule has 7 nitrogen and oxygen atoms in total. The molecule has 4 rings (SSSR count). The van der Waals surface area contributed by atoms with Crippen molar-refractivity contribution in [1.29, 1.82) is 0 Å². The summed E-state index contributed by atoms with van der Waals surface area (Å²) in [5.41, 5.74) is 7.72. The van der Waals surface area contributed by atoms with Gasteiger partial charge < -0.3 is 20.7 Å².